The average molecular weight is 415 g/mol. The molecule has 0 saturated carbocycles. The van der Waals surface area contributed by atoms with Crippen LogP contribution in [0.15, 0.2) is 0 Å². The second-order valence-corrected chi connectivity index (χ2v) is 9.86. The molecule has 2 rings (SSSR count). The van der Waals surface area contributed by atoms with Gasteiger partial charge in [0.05, 0.1) is 0 Å². The Hall–Kier alpha value is -0.990. The largest absolute Gasteiger partial charge is 0.444 e. The number of carbonyl (C=O) groups excluding carboxylic acids is 2. The zero-order chi connectivity index (χ0) is 20.7. The maximum absolute atomic E-state index is 13.1. The third-order valence-electron chi connectivity index (χ3n) is 5.43. The molecule has 0 bridgehead atoms. The van der Waals surface area contributed by atoms with Crippen molar-refractivity contribution >= 4 is 23.8 Å². The Morgan fingerprint density at radius 2 is 1.71 bits per heavy atom. The van der Waals surface area contributed by atoms with E-state index in [-0.39, 0.29) is 5.91 Å². The normalized spacial score (nSPS) is 21.4. The van der Waals surface area contributed by atoms with Gasteiger partial charge < -0.3 is 19.9 Å². The Morgan fingerprint density at radius 1 is 1.11 bits per heavy atom. The molecule has 2 saturated heterocycles. The number of ether oxygens (including phenoxy) is 1. The molecule has 2 fully saturated rings. The lowest BCUT2D eigenvalue weighted by Gasteiger charge is -2.42. The summed E-state index contributed by atoms with van der Waals surface area (Å²) in [5.74, 6) is 0.838. The van der Waals surface area contributed by atoms with Gasteiger partial charge in [0, 0.05) is 32.2 Å². The molecule has 0 spiro atoms. The molecular weight excluding hydrogens is 376 g/mol. The van der Waals surface area contributed by atoms with Crippen LogP contribution in [0.2, 0.25) is 0 Å². The monoisotopic (exact) mass is 414 g/mol. The summed E-state index contributed by atoms with van der Waals surface area (Å²) in [6, 6.07) is 0.123. The summed E-state index contributed by atoms with van der Waals surface area (Å²) in [5, 5.41) is 2.80. The van der Waals surface area contributed by atoms with E-state index in [0.29, 0.717) is 12.5 Å². The fourth-order valence-electron chi connectivity index (χ4n) is 3.83. The van der Waals surface area contributed by atoms with E-state index in [2.05, 4.69) is 22.2 Å². The van der Waals surface area contributed by atoms with Gasteiger partial charge >= 0.3 is 6.09 Å². The van der Waals surface area contributed by atoms with E-state index in [0.717, 1.165) is 45.0 Å². The van der Waals surface area contributed by atoms with Crippen LogP contribution in [0.3, 0.4) is 0 Å². The van der Waals surface area contributed by atoms with Crippen LogP contribution in [0.1, 0.15) is 40.0 Å². The number of hydrogen-bond acceptors (Lipinski definition) is 6. The highest BCUT2D eigenvalue weighted by Gasteiger charge is 2.32. The predicted molar refractivity (Wildman–Crippen MR) is 115 cm³/mol. The van der Waals surface area contributed by atoms with Gasteiger partial charge in [-0.2, -0.15) is 11.8 Å². The van der Waals surface area contributed by atoms with Crippen molar-refractivity contribution in [1.29, 1.82) is 0 Å². The Bertz CT molecular complexity index is 510. The highest BCUT2D eigenvalue weighted by molar-refractivity contribution is 7.98. The molecule has 162 valence electrons. The van der Waals surface area contributed by atoms with Crippen LogP contribution in [0.4, 0.5) is 4.79 Å². The lowest BCUT2D eigenvalue weighted by Crippen LogP contribution is -2.57. The van der Waals surface area contributed by atoms with Gasteiger partial charge in [-0.05, 0) is 72.2 Å². The summed E-state index contributed by atoms with van der Waals surface area (Å²) in [5.41, 5.74) is -0.573. The van der Waals surface area contributed by atoms with Crippen LogP contribution >= 0.6 is 11.8 Å². The molecule has 0 aromatic heterocycles. The van der Waals surface area contributed by atoms with Gasteiger partial charge in [-0.15, -0.1) is 0 Å². The number of rotatable bonds is 6. The summed E-state index contributed by atoms with van der Waals surface area (Å²) < 4.78 is 5.35. The van der Waals surface area contributed by atoms with Crippen molar-refractivity contribution in [3.63, 3.8) is 0 Å². The first-order chi connectivity index (χ1) is 13.2. The van der Waals surface area contributed by atoms with Crippen molar-refractivity contribution in [2.45, 2.75) is 57.7 Å². The van der Waals surface area contributed by atoms with Crippen molar-refractivity contribution in [2.24, 2.45) is 0 Å². The Labute approximate surface area is 174 Å². The molecule has 2 amide bonds. The van der Waals surface area contributed by atoms with Crippen molar-refractivity contribution < 1.29 is 14.3 Å². The van der Waals surface area contributed by atoms with E-state index >= 15 is 0 Å². The molecule has 1 N–H and O–H groups in total. The average Bonchev–Trinajstić information content (AvgIpc) is 2.64. The van der Waals surface area contributed by atoms with Crippen molar-refractivity contribution in [2.75, 3.05) is 58.3 Å². The predicted octanol–water partition coefficient (Wildman–Crippen LogP) is 1.87. The van der Waals surface area contributed by atoms with Gasteiger partial charge in [-0.25, -0.2) is 4.79 Å². The third kappa shape index (κ3) is 7.44. The first-order valence-electron chi connectivity index (χ1n) is 10.4. The minimum absolute atomic E-state index is 0.0166. The van der Waals surface area contributed by atoms with Crippen molar-refractivity contribution in [1.82, 2.24) is 20.0 Å². The van der Waals surface area contributed by atoms with Gasteiger partial charge in [0.1, 0.15) is 11.6 Å². The summed E-state index contributed by atoms with van der Waals surface area (Å²) in [4.78, 5) is 32.1. The molecular formula is C20H38N4O3S. The van der Waals surface area contributed by atoms with E-state index in [4.69, 9.17) is 4.74 Å². The SMILES string of the molecule is CSCC[C@@H](NC(=O)OC(C)(C)C)C(=O)N1CCN(C2CCN(C)CC2)CC1. The molecule has 28 heavy (non-hydrogen) atoms. The molecule has 0 aromatic carbocycles. The zero-order valence-corrected chi connectivity index (χ0v) is 19.0. The van der Waals surface area contributed by atoms with E-state index in [9.17, 15) is 9.59 Å². The lowest BCUT2D eigenvalue weighted by atomic mass is 10.0. The first kappa shape index (κ1) is 23.3. The van der Waals surface area contributed by atoms with Gasteiger partial charge in [0.2, 0.25) is 5.91 Å². The molecule has 2 heterocycles. The summed E-state index contributed by atoms with van der Waals surface area (Å²) >= 11 is 1.68. The second-order valence-electron chi connectivity index (χ2n) is 8.88. The highest BCUT2D eigenvalue weighted by Crippen LogP contribution is 2.18. The van der Waals surface area contributed by atoms with Gasteiger partial charge in [0.25, 0.3) is 0 Å². The fourth-order valence-corrected chi connectivity index (χ4v) is 4.30. The maximum Gasteiger partial charge on any atom is 0.408 e. The molecule has 7 nitrogen and oxygen atoms in total. The van der Waals surface area contributed by atoms with E-state index < -0.39 is 17.7 Å². The zero-order valence-electron chi connectivity index (χ0n) is 18.2. The fraction of sp³-hybridized carbons (Fsp3) is 0.900. The van der Waals surface area contributed by atoms with Crippen molar-refractivity contribution in [3.05, 3.63) is 0 Å². The van der Waals surface area contributed by atoms with Crippen LogP contribution in [0, 0.1) is 0 Å². The number of amides is 2. The van der Waals surface area contributed by atoms with Crippen LogP contribution in [-0.2, 0) is 9.53 Å². The van der Waals surface area contributed by atoms with Gasteiger partial charge in [-0.1, -0.05) is 0 Å². The standard InChI is InChI=1S/C20H38N4O3S/c1-20(2,3)27-19(26)21-17(8-15-28-5)18(25)24-13-11-23(12-14-24)16-6-9-22(4)10-7-16/h16-17H,6-15H2,1-5H3,(H,21,26)/t17-/m1/s1. The highest BCUT2D eigenvalue weighted by atomic mass is 32.2. The van der Waals surface area contributed by atoms with Crippen molar-refractivity contribution in [3.8, 4) is 0 Å². The number of nitrogens with zero attached hydrogens (tertiary/aromatic N) is 3. The van der Waals surface area contributed by atoms with Crippen LogP contribution < -0.4 is 5.32 Å². The summed E-state index contributed by atoms with van der Waals surface area (Å²) in [7, 11) is 2.18. The summed E-state index contributed by atoms with van der Waals surface area (Å²) in [6.07, 6.45) is 4.53. The molecule has 8 heteroatoms. The summed E-state index contributed by atoms with van der Waals surface area (Å²) in [6.45, 7) is 11.1. The number of thioether (sulfide) groups is 1. The molecule has 0 unspecified atom stereocenters. The molecule has 0 radical (unpaired) electrons. The third-order valence-corrected chi connectivity index (χ3v) is 6.07. The molecule has 1 atom stereocenters. The smallest absolute Gasteiger partial charge is 0.408 e. The Balaban J connectivity index is 1.87. The molecule has 2 aliphatic heterocycles. The Kier molecular flexibility index (Phi) is 8.89. The Morgan fingerprint density at radius 3 is 2.25 bits per heavy atom. The van der Waals surface area contributed by atoms with E-state index in [1.807, 2.05) is 31.9 Å². The number of piperidine rings is 1. The van der Waals surface area contributed by atoms with E-state index in [1.165, 1.54) is 12.8 Å². The quantitative estimate of drug-likeness (QED) is 0.716. The minimum Gasteiger partial charge on any atom is -0.444 e. The van der Waals surface area contributed by atoms with Crippen LogP contribution in [-0.4, -0.2) is 103 Å². The lowest BCUT2D eigenvalue weighted by molar-refractivity contribution is -0.135. The minimum atomic E-state index is -0.573. The molecule has 0 aliphatic carbocycles. The number of piperazine rings is 1. The first-order valence-corrected chi connectivity index (χ1v) is 11.8. The molecule has 2 aliphatic rings. The topological polar surface area (TPSA) is 65.1 Å². The number of carbonyl (C=O) groups is 2. The molecule has 0 aromatic rings. The number of alkyl carbamates (subject to hydrolysis) is 1. The maximum atomic E-state index is 13.1. The van der Waals surface area contributed by atoms with Crippen LogP contribution in [0.25, 0.3) is 0 Å². The van der Waals surface area contributed by atoms with Gasteiger partial charge in [0.15, 0.2) is 0 Å². The van der Waals surface area contributed by atoms with Crippen LogP contribution in [0.5, 0.6) is 0 Å². The number of likely N-dealkylation sites (tertiary alicyclic amines) is 1. The second kappa shape index (κ2) is 10.7. The van der Waals surface area contributed by atoms with Gasteiger partial charge in [-0.3, -0.25) is 9.69 Å². The number of hydrogen-bond donors (Lipinski definition) is 1. The van der Waals surface area contributed by atoms with E-state index in [1.54, 1.807) is 11.8 Å². The number of nitrogens with one attached hydrogen (secondary N) is 1.